The Morgan fingerprint density at radius 3 is 2.84 bits per heavy atom. The highest BCUT2D eigenvalue weighted by atomic mass is 32.2. The van der Waals surface area contributed by atoms with Crippen LogP contribution in [0, 0.1) is 11.3 Å². The van der Waals surface area contributed by atoms with Gasteiger partial charge in [-0.1, -0.05) is 18.2 Å². The van der Waals surface area contributed by atoms with Crippen molar-refractivity contribution in [3.05, 3.63) is 64.7 Å². The zero-order chi connectivity index (χ0) is 13.1. The summed E-state index contributed by atoms with van der Waals surface area (Å²) in [5.41, 5.74) is 5.00. The predicted octanol–water partition coefficient (Wildman–Crippen LogP) is 4.34. The number of hydrogen-bond donors (Lipinski definition) is 0. The summed E-state index contributed by atoms with van der Waals surface area (Å²) >= 11 is 1.85. The summed E-state index contributed by atoms with van der Waals surface area (Å²) in [5, 5.41) is 8.90. The Labute approximate surface area is 118 Å². The topological polar surface area (TPSA) is 23.8 Å². The first-order chi connectivity index (χ1) is 9.35. The molecule has 1 aliphatic carbocycles. The van der Waals surface area contributed by atoms with Crippen LogP contribution in [0.1, 0.15) is 28.7 Å². The summed E-state index contributed by atoms with van der Waals surface area (Å²) < 4.78 is 0. The highest BCUT2D eigenvalue weighted by Crippen LogP contribution is 2.29. The van der Waals surface area contributed by atoms with Crippen molar-refractivity contribution < 1.29 is 0 Å². The Balaban J connectivity index is 1.70. The average Bonchev–Trinajstić information content (AvgIpc) is 2.93. The second kappa shape index (κ2) is 5.50. The molecule has 1 aliphatic rings. The van der Waals surface area contributed by atoms with Crippen LogP contribution in [0.2, 0.25) is 0 Å². The highest BCUT2D eigenvalue weighted by Gasteiger charge is 2.10. The minimum Gasteiger partial charge on any atom is -0.192 e. The number of benzene rings is 2. The molecule has 2 aromatic rings. The molecule has 0 spiro atoms. The zero-order valence-electron chi connectivity index (χ0n) is 10.7. The number of thioether (sulfide) groups is 1. The number of nitrogens with zero attached hydrogens (tertiary/aromatic N) is 1. The van der Waals surface area contributed by atoms with Crippen molar-refractivity contribution in [2.24, 2.45) is 0 Å². The maximum Gasteiger partial charge on any atom is 0.0991 e. The molecule has 0 N–H and O–H groups in total. The van der Waals surface area contributed by atoms with Crippen molar-refractivity contribution in [3.63, 3.8) is 0 Å². The molecule has 0 aromatic heterocycles. The van der Waals surface area contributed by atoms with E-state index in [1.54, 1.807) is 0 Å². The second-order valence-electron chi connectivity index (χ2n) is 4.88. The van der Waals surface area contributed by atoms with E-state index >= 15 is 0 Å². The average molecular weight is 265 g/mol. The molecule has 0 aliphatic heterocycles. The minimum atomic E-state index is 0.743. The van der Waals surface area contributed by atoms with Gasteiger partial charge in [-0.3, -0.25) is 0 Å². The third-order valence-electron chi connectivity index (χ3n) is 3.53. The first-order valence-electron chi connectivity index (χ1n) is 6.59. The first kappa shape index (κ1) is 12.3. The summed E-state index contributed by atoms with van der Waals surface area (Å²) in [5.74, 6) is 0.925. The van der Waals surface area contributed by atoms with E-state index in [9.17, 15) is 0 Å². The van der Waals surface area contributed by atoms with Crippen LogP contribution in [0.5, 0.6) is 0 Å². The van der Waals surface area contributed by atoms with Crippen molar-refractivity contribution in [2.45, 2.75) is 29.9 Å². The number of fused-ring (bicyclic) bond motifs is 1. The van der Waals surface area contributed by atoms with Crippen molar-refractivity contribution in [1.29, 1.82) is 5.26 Å². The van der Waals surface area contributed by atoms with Gasteiger partial charge in [-0.15, -0.1) is 11.8 Å². The normalized spacial score (nSPS) is 13.0. The SMILES string of the molecule is N#Cc1cccc(CSc2ccc3c(c2)CCC3)c1. The van der Waals surface area contributed by atoms with E-state index < -0.39 is 0 Å². The molecule has 0 unspecified atom stereocenters. The molecule has 0 radical (unpaired) electrons. The smallest absolute Gasteiger partial charge is 0.0991 e. The van der Waals surface area contributed by atoms with E-state index in [4.69, 9.17) is 5.26 Å². The Kier molecular flexibility index (Phi) is 3.57. The first-order valence-corrected chi connectivity index (χ1v) is 7.57. The van der Waals surface area contributed by atoms with Crippen LogP contribution in [-0.4, -0.2) is 0 Å². The molecule has 0 atom stereocenters. The van der Waals surface area contributed by atoms with E-state index in [1.165, 1.54) is 40.8 Å². The number of rotatable bonds is 3. The van der Waals surface area contributed by atoms with Crippen LogP contribution in [0.3, 0.4) is 0 Å². The number of aryl methyl sites for hydroxylation is 2. The Bertz CT molecular complexity index is 640. The molecule has 3 rings (SSSR count). The fraction of sp³-hybridized carbons (Fsp3) is 0.235. The molecule has 0 amide bonds. The largest absolute Gasteiger partial charge is 0.192 e. The van der Waals surface area contributed by atoms with Crippen molar-refractivity contribution in [1.82, 2.24) is 0 Å². The number of hydrogen-bond acceptors (Lipinski definition) is 2. The van der Waals surface area contributed by atoms with E-state index in [-0.39, 0.29) is 0 Å². The second-order valence-corrected chi connectivity index (χ2v) is 5.93. The third kappa shape index (κ3) is 2.83. The fourth-order valence-corrected chi connectivity index (χ4v) is 3.44. The van der Waals surface area contributed by atoms with Gasteiger partial charge in [-0.05, 0) is 60.2 Å². The monoisotopic (exact) mass is 265 g/mol. The quantitative estimate of drug-likeness (QED) is 0.771. The van der Waals surface area contributed by atoms with Gasteiger partial charge in [0.2, 0.25) is 0 Å². The Morgan fingerprint density at radius 2 is 1.95 bits per heavy atom. The maximum atomic E-state index is 8.90. The van der Waals surface area contributed by atoms with Gasteiger partial charge in [-0.2, -0.15) is 5.26 Å². The summed E-state index contributed by atoms with van der Waals surface area (Å²) in [6, 6.07) is 16.9. The molecule has 0 bridgehead atoms. The van der Waals surface area contributed by atoms with Gasteiger partial charge in [0.25, 0.3) is 0 Å². The molecule has 19 heavy (non-hydrogen) atoms. The maximum absolute atomic E-state index is 8.90. The molecule has 0 fully saturated rings. The van der Waals surface area contributed by atoms with Crippen LogP contribution in [0.15, 0.2) is 47.4 Å². The summed E-state index contributed by atoms with van der Waals surface area (Å²) in [4.78, 5) is 1.34. The van der Waals surface area contributed by atoms with Gasteiger partial charge < -0.3 is 0 Å². The molecule has 2 aromatic carbocycles. The van der Waals surface area contributed by atoms with Crippen molar-refractivity contribution in [3.8, 4) is 6.07 Å². The van der Waals surface area contributed by atoms with Gasteiger partial charge in [-0.25, -0.2) is 0 Å². The molecular weight excluding hydrogens is 250 g/mol. The zero-order valence-corrected chi connectivity index (χ0v) is 11.5. The van der Waals surface area contributed by atoms with Crippen molar-refractivity contribution in [2.75, 3.05) is 0 Å². The van der Waals surface area contributed by atoms with Gasteiger partial charge in [0, 0.05) is 10.6 Å². The van der Waals surface area contributed by atoms with Gasteiger partial charge in [0.15, 0.2) is 0 Å². The van der Waals surface area contributed by atoms with Crippen LogP contribution in [0.25, 0.3) is 0 Å². The van der Waals surface area contributed by atoms with Crippen molar-refractivity contribution >= 4 is 11.8 Å². The molecule has 2 heteroatoms. The van der Waals surface area contributed by atoms with Gasteiger partial charge >= 0.3 is 0 Å². The van der Waals surface area contributed by atoms with Crippen LogP contribution in [-0.2, 0) is 18.6 Å². The Morgan fingerprint density at radius 1 is 1.05 bits per heavy atom. The molecule has 1 nitrogen and oxygen atoms in total. The van der Waals surface area contributed by atoms with Crippen LogP contribution in [0.4, 0.5) is 0 Å². The third-order valence-corrected chi connectivity index (χ3v) is 4.60. The summed E-state index contributed by atoms with van der Waals surface area (Å²) in [6.45, 7) is 0. The van der Waals surface area contributed by atoms with Crippen LogP contribution >= 0.6 is 11.8 Å². The van der Waals surface area contributed by atoms with E-state index in [0.717, 1.165) is 11.3 Å². The van der Waals surface area contributed by atoms with Gasteiger partial charge in [0.05, 0.1) is 11.6 Å². The van der Waals surface area contributed by atoms with E-state index in [2.05, 4.69) is 30.3 Å². The van der Waals surface area contributed by atoms with E-state index in [1.807, 2.05) is 30.0 Å². The molecular formula is C17H15NS. The predicted molar refractivity (Wildman–Crippen MR) is 79.2 cm³/mol. The van der Waals surface area contributed by atoms with Gasteiger partial charge in [0.1, 0.15) is 0 Å². The Hall–Kier alpha value is -1.72. The lowest BCUT2D eigenvalue weighted by Crippen LogP contribution is -1.85. The lowest BCUT2D eigenvalue weighted by atomic mass is 10.1. The lowest BCUT2D eigenvalue weighted by Gasteiger charge is -2.05. The molecule has 94 valence electrons. The summed E-state index contributed by atoms with van der Waals surface area (Å²) in [6.07, 6.45) is 3.77. The minimum absolute atomic E-state index is 0.743. The fourth-order valence-electron chi connectivity index (χ4n) is 2.54. The molecule has 0 saturated carbocycles. The molecule has 0 saturated heterocycles. The summed E-state index contributed by atoms with van der Waals surface area (Å²) in [7, 11) is 0. The lowest BCUT2D eigenvalue weighted by molar-refractivity contribution is 0.911. The highest BCUT2D eigenvalue weighted by molar-refractivity contribution is 7.98. The van der Waals surface area contributed by atoms with Crippen LogP contribution < -0.4 is 0 Å². The van der Waals surface area contributed by atoms with E-state index in [0.29, 0.717) is 0 Å². The molecule has 0 heterocycles. The standard InChI is InChI=1S/C17H15NS/c18-11-13-3-1-4-14(9-13)12-19-17-8-7-15-5-2-6-16(15)10-17/h1,3-4,7-10H,2,5-6,12H2. The number of nitriles is 1.